The number of methoxy groups -OCH3 is 1. The van der Waals surface area contributed by atoms with E-state index in [2.05, 4.69) is 10.2 Å². The van der Waals surface area contributed by atoms with Crippen LogP contribution in [0, 0.1) is 0 Å². The zero-order valence-electron chi connectivity index (χ0n) is 13.4. The summed E-state index contributed by atoms with van der Waals surface area (Å²) >= 11 is 0. The lowest BCUT2D eigenvalue weighted by Crippen LogP contribution is -2.35. The van der Waals surface area contributed by atoms with Gasteiger partial charge in [0.25, 0.3) is 0 Å². The maximum atomic E-state index is 12.9. The summed E-state index contributed by atoms with van der Waals surface area (Å²) in [7, 11) is 1.62. The summed E-state index contributed by atoms with van der Waals surface area (Å²) in [5.74, 6) is 0.742. The van der Waals surface area contributed by atoms with Crippen molar-refractivity contribution in [1.29, 1.82) is 0 Å². The van der Waals surface area contributed by atoms with Gasteiger partial charge in [-0.3, -0.25) is 9.69 Å². The van der Waals surface area contributed by atoms with Gasteiger partial charge >= 0.3 is 0 Å². The maximum absolute atomic E-state index is 12.9. The molecule has 4 nitrogen and oxygen atoms in total. The molecule has 1 N–H and O–H groups in total. The van der Waals surface area contributed by atoms with Crippen molar-refractivity contribution >= 4 is 11.6 Å². The number of hydrogen-bond donors (Lipinski definition) is 1. The van der Waals surface area contributed by atoms with Gasteiger partial charge in [0.15, 0.2) is 0 Å². The highest BCUT2D eigenvalue weighted by molar-refractivity contribution is 5.95. The van der Waals surface area contributed by atoms with Crippen molar-refractivity contribution < 1.29 is 9.53 Å². The SMILES string of the molecule is COc1cccc(NC(=O)[C@@H](c2ccccc2)N2CCCC2)c1. The van der Waals surface area contributed by atoms with Crippen molar-refractivity contribution in [2.75, 3.05) is 25.5 Å². The monoisotopic (exact) mass is 310 g/mol. The van der Waals surface area contributed by atoms with E-state index in [0.717, 1.165) is 42.9 Å². The van der Waals surface area contributed by atoms with E-state index >= 15 is 0 Å². The molecular weight excluding hydrogens is 288 g/mol. The summed E-state index contributed by atoms with van der Waals surface area (Å²) in [4.78, 5) is 15.2. The molecular formula is C19H22N2O2. The molecule has 1 saturated heterocycles. The van der Waals surface area contributed by atoms with Gasteiger partial charge in [0.05, 0.1) is 7.11 Å². The minimum Gasteiger partial charge on any atom is -0.497 e. The van der Waals surface area contributed by atoms with Crippen molar-refractivity contribution in [3.8, 4) is 5.75 Å². The minimum atomic E-state index is -0.245. The molecule has 1 aliphatic rings. The molecule has 120 valence electrons. The Labute approximate surface area is 137 Å². The van der Waals surface area contributed by atoms with Crippen LogP contribution in [0.25, 0.3) is 0 Å². The summed E-state index contributed by atoms with van der Waals surface area (Å²) in [6, 6.07) is 17.2. The average molecular weight is 310 g/mol. The molecule has 1 fully saturated rings. The standard InChI is InChI=1S/C19H22N2O2/c1-23-17-11-7-10-16(14-17)20-19(22)18(21-12-5-6-13-21)15-8-3-2-4-9-15/h2-4,7-11,14,18H,5-6,12-13H2,1H3,(H,20,22)/t18-/m1/s1. The molecule has 0 aromatic heterocycles. The van der Waals surface area contributed by atoms with Crippen molar-refractivity contribution in [3.63, 3.8) is 0 Å². The third kappa shape index (κ3) is 3.71. The van der Waals surface area contributed by atoms with E-state index in [-0.39, 0.29) is 11.9 Å². The van der Waals surface area contributed by atoms with Crippen LogP contribution in [0.15, 0.2) is 54.6 Å². The third-order valence-corrected chi connectivity index (χ3v) is 4.21. The first-order chi connectivity index (χ1) is 11.3. The van der Waals surface area contributed by atoms with Crippen LogP contribution in [0.5, 0.6) is 5.75 Å². The van der Waals surface area contributed by atoms with E-state index < -0.39 is 0 Å². The van der Waals surface area contributed by atoms with Crippen LogP contribution in [-0.4, -0.2) is 31.0 Å². The molecule has 4 heteroatoms. The largest absolute Gasteiger partial charge is 0.497 e. The molecule has 23 heavy (non-hydrogen) atoms. The molecule has 1 atom stereocenters. The maximum Gasteiger partial charge on any atom is 0.246 e. The fourth-order valence-electron chi connectivity index (χ4n) is 3.07. The summed E-state index contributed by atoms with van der Waals surface area (Å²) in [5.41, 5.74) is 1.80. The van der Waals surface area contributed by atoms with Crippen LogP contribution in [-0.2, 0) is 4.79 Å². The van der Waals surface area contributed by atoms with Gasteiger partial charge < -0.3 is 10.1 Å². The van der Waals surface area contributed by atoms with Gasteiger partial charge in [0.2, 0.25) is 5.91 Å². The number of ether oxygens (including phenoxy) is 1. The van der Waals surface area contributed by atoms with Crippen LogP contribution < -0.4 is 10.1 Å². The predicted molar refractivity (Wildman–Crippen MR) is 91.6 cm³/mol. The highest BCUT2D eigenvalue weighted by Crippen LogP contribution is 2.27. The lowest BCUT2D eigenvalue weighted by molar-refractivity contribution is -0.121. The third-order valence-electron chi connectivity index (χ3n) is 4.21. The zero-order valence-corrected chi connectivity index (χ0v) is 13.4. The molecule has 1 heterocycles. The molecule has 2 aromatic carbocycles. The van der Waals surface area contributed by atoms with E-state index in [0.29, 0.717) is 0 Å². The summed E-state index contributed by atoms with van der Waals surface area (Å²) in [5, 5.41) is 3.03. The number of carbonyl (C=O) groups excluding carboxylic acids is 1. The molecule has 1 amide bonds. The average Bonchev–Trinajstić information content (AvgIpc) is 3.10. The second-order valence-electron chi connectivity index (χ2n) is 5.78. The number of nitrogens with one attached hydrogen (secondary N) is 1. The fraction of sp³-hybridized carbons (Fsp3) is 0.316. The summed E-state index contributed by atoms with van der Waals surface area (Å²) < 4.78 is 5.22. The van der Waals surface area contributed by atoms with Gasteiger partial charge in [0, 0.05) is 11.8 Å². The molecule has 0 bridgehead atoms. The smallest absolute Gasteiger partial charge is 0.246 e. The first-order valence-electron chi connectivity index (χ1n) is 8.02. The first kappa shape index (κ1) is 15.6. The van der Waals surface area contributed by atoms with E-state index in [1.54, 1.807) is 7.11 Å². The molecule has 0 spiro atoms. The molecule has 1 aliphatic heterocycles. The fourth-order valence-corrected chi connectivity index (χ4v) is 3.07. The van der Waals surface area contributed by atoms with E-state index in [4.69, 9.17) is 4.74 Å². The zero-order chi connectivity index (χ0) is 16.1. The predicted octanol–water partition coefficient (Wildman–Crippen LogP) is 3.47. The number of hydrogen-bond acceptors (Lipinski definition) is 3. The summed E-state index contributed by atoms with van der Waals surface area (Å²) in [6.07, 6.45) is 2.30. The number of anilines is 1. The normalized spacial score (nSPS) is 16.0. The minimum absolute atomic E-state index is 0.00588. The molecule has 0 aliphatic carbocycles. The van der Waals surface area contributed by atoms with E-state index in [1.165, 1.54) is 0 Å². The van der Waals surface area contributed by atoms with Gasteiger partial charge in [-0.25, -0.2) is 0 Å². The Morgan fingerprint density at radius 2 is 1.83 bits per heavy atom. The molecule has 0 saturated carbocycles. The number of likely N-dealkylation sites (tertiary alicyclic amines) is 1. The van der Waals surface area contributed by atoms with Crippen LogP contribution in [0.3, 0.4) is 0 Å². The Hall–Kier alpha value is -2.33. The van der Waals surface area contributed by atoms with Gasteiger partial charge in [-0.2, -0.15) is 0 Å². The molecule has 0 radical (unpaired) electrons. The molecule has 0 unspecified atom stereocenters. The van der Waals surface area contributed by atoms with Crippen LogP contribution in [0.1, 0.15) is 24.4 Å². The topological polar surface area (TPSA) is 41.6 Å². The highest BCUT2D eigenvalue weighted by atomic mass is 16.5. The quantitative estimate of drug-likeness (QED) is 0.919. The van der Waals surface area contributed by atoms with Gasteiger partial charge in [-0.15, -0.1) is 0 Å². The van der Waals surface area contributed by atoms with E-state index in [9.17, 15) is 4.79 Å². The van der Waals surface area contributed by atoms with Crippen molar-refractivity contribution in [2.45, 2.75) is 18.9 Å². The second kappa shape index (κ2) is 7.29. The van der Waals surface area contributed by atoms with Crippen molar-refractivity contribution in [1.82, 2.24) is 4.90 Å². The lowest BCUT2D eigenvalue weighted by atomic mass is 10.0. The lowest BCUT2D eigenvalue weighted by Gasteiger charge is -2.27. The Kier molecular flexibility index (Phi) is 4.93. The first-order valence-corrected chi connectivity index (χ1v) is 8.02. The highest BCUT2D eigenvalue weighted by Gasteiger charge is 2.29. The van der Waals surface area contributed by atoms with E-state index in [1.807, 2.05) is 54.6 Å². The Balaban J connectivity index is 1.82. The van der Waals surface area contributed by atoms with Crippen LogP contribution in [0.4, 0.5) is 5.69 Å². The second-order valence-corrected chi connectivity index (χ2v) is 5.78. The Morgan fingerprint density at radius 1 is 1.09 bits per heavy atom. The number of benzene rings is 2. The van der Waals surface area contributed by atoms with Crippen LogP contribution >= 0.6 is 0 Å². The number of carbonyl (C=O) groups is 1. The molecule has 3 rings (SSSR count). The van der Waals surface area contributed by atoms with Gasteiger partial charge in [-0.05, 0) is 43.6 Å². The number of amides is 1. The van der Waals surface area contributed by atoms with Gasteiger partial charge in [-0.1, -0.05) is 36.4 Å². The van der Waals surface area contributed by atoms with Gasteiger partial charge in [0.1, 0.15) is 11.8 Å². The van der Waals surface area contributed by atoms with Crippen molar-refractivity contribution in [2.24, 2.45) is 0 Å². The number of nitrogens with zero attached hydrogens (tertiary/aromatic N) is 1. The number of rotatable bonds is 5. The van der Waals surface area contributed by atoms with Crippen LogP contribution in [0.2, 0.25) is 0 Å². The Morgan fingerprint density at radius 3 is 2.52 bits per heavy atom. The summed E-state index contributed by atoms with van der Waals surface area (Å²) in [6.45, 7) is 1.93. The molecule has 2 aromatic rings. The Bertz CT molecular complexity index is 651. The van der Waals surface area contributed by atoms with Crippen molar-refractivity contribution in [3.05, 3.63) is 60.2 Å².